The van der Waals surface area contributed by atoms with Gasteiger partial charge < -0.3 is 0 Å². The average Bonchev–Trinajstić information content (AvgIpc) is 2.09. The molecule has 58 valence electrons. The van der Waals surface area contributed by atoms with Gasteiger partial charge in [-0.3, -0.25) is 0 Å². The number of azide groups is 1. The van der Waals surface area contributed by atoms with Crippen molar-refractivity contribution >= 4 is 5.69 Å². The summed E-state index contributed by atoms with van der Waals surface area (Å²) in [5.41, 5.74) is 10.5. The third kappa shape index (κ3) is 1.57. The minimum absolute atomic E-state index is 0.622. The highest BCUT2D eigenvalue weighted by Gasteiger charge is 1.94. The molecule has 0 bridgehead atoms. The van der Waals surface area contributed by atoms with Crippen LogP contribution in [0.15, 0.2) is 23.3 Å². The lowest BCUT2D eigenvalue weighted by atomic mass is 10.1. The molecule has 0 aliphatic heterocycles. The van der Waals surface area contributed by atoms with Crippen LogP contribution >= 0.6 is 0 Å². The van der Waals surface area contributed by atoms with Crippen LogP contribution < -0.4 is 0 Å². The molecule has 12 heavy (non-hydrogen) atoms. The van der Waals surface area contributed by atoms with Crippen molar-refractivity contribution in [1.29, 1.82) is 0 Å². The van der Waals surface area contributed by atoms with E-state index in [0.717, 1.165) is 11.1 Å². The third-order valence-electron chi connectivity index (χ3n) is 1.52. The van der Waals surface area contributed by atoms with Gasteiger partial charge in [0.25, 0.3) is 0 Å². The Bertz CT molecular complexity index is 381. The maximum Gasteiger partial charge on any atom is 0.0405 e. The fraction of sp³-hybridized carbons (Fsp3) is 0.111. The predicted molar refractivity (Wildman–Crippen MR) is 47.9 cm³/mol. The summed E-state index contributed by atoms with van der Waals surface area (Å²) in [4.78, 5) is 2.70. The molecule has 0 aliphatic rings. The molecule has 0 amide bonds. The van der Waals surface area contributed by atoms with Crippen molar-refractivity contribution in [3.05, 3.63) is 39.8 Å². The van der Waals surface area contributed by atoms with Crippen molar-refractivity contribution in [2.45, 2.75) is 6.92 Å². The number of hydrogen-bond donors (Lipinski definition) is 0. The normalized spacial score (nSPS) is 8.33. The topological polar surface area (TPSA) is 48.8 Å². The van der Waals surface area contributed by atoms with Crippen LogP contribution in [-0.2, 0) is 0 Å². The summed E-state index contributed by atoms with van der Waals surface area (Å²) in [5, 5.41) is 3.49. The van der Waals surface area contributed by atoms with E-state index in [0.29, 0.717) is 5.69 Å². The summed E-state index contributed by atoms with van der Waals surface area (Å²) in [5.74, 6) is 2.50. The van der Waals surface area contributed by atoms with Gasteiger partial charge in [-0.15, -0.1) is 6.42 Å². The molecule has 0 saturated carbocycles. The molecule has 0 N–H and O–H groups in total. The molecule has 0 unspecified atom stereocenters. The Morgan fingerprint density at radius 2 is 2.33 bits per heavy atom. The van der Waals surface area contributed by atoms with E-state index in [9.17, 15) is 0 Å². The van der Waals surface area contributed by atoms with Crippen LogP contribution in [0.3, 0.4) is 0 Å². The minimum atomic E-state index is 0.622. The standard InChI is InChI=1S/C9H7N3/c1-3-8-4-5-9(11-12-10)7(2)6-8/h1,4-6H,2H3. The lowest BCUT2D eigenvalue weighted by Crippen LogP contribution is -1.76. The van der Waals surface area contributed by atoms with E-state index in [2.05, 4.69) is 15.9 Å². The van der Waals surface area contributed by atoms with Crippen LogP contribution in [0.25, 0.3) is 10.4 Å². The first-order valence-corrected chi connectivity index (χ1v) is 3.40. The smallest absolute Gasteiger partial charge is 0.0405 e. The number of hydrogen-bond acceptors (Lipinski definition) is 1. The van der Waals surface area contributed by atoms with Crippen molar-refractivity contribution < 1.29 is 0 Å². The Balaban J connectivity index is 3.22. The van der Waals surface area contributed by atoms with Gasteiger partial charge in [0, 0.05) is 16.2 Å². The molecule has 1 aromatic rings. The van der Waals surface area contributed by atoms with Crippen molar-refractivity contribution in [3.63, 3.8) is 0 Å². The van der Waals surface area contributed by atoms with Crippen molar-refractivity contribution in [1.82, 2.24) is 0 Å². The second kappa shape index (κ2) is 3.47. The molecule has 1 rings (SSSR count). The van der Waals surface area contributed by atoms with E-state index < -0.39 is 0 Å². The van der Waals surface area contributed by atoms with Crippen LogP contribution in [0.5, 0.6) is 0 Å². The lowest BCUT2D eigenvalue weighted by molar-refractivity contribution is 1.37. The van der Waals surface area contributed by atoms with Crippen molar-refractivity contribution in [2.24, 2.45) is 5.11 Å². The molecule has 3 heteroatoms. The van der Waals surface area contributed by atoms with Crippen LogP contribution in [0, 0.1) is 19.3 Å². The molecule has 0 aliphatic carbocycles. The minimum Gasteiger partial charge on any atom is -0.115 e. The van der Waals surface area contributed by atoms with E-state index in [4.69, 9.17) is 12.0 Å². The molecule has 0 atom stereocenters. The van der Waals surface area contributed by atoms with E-state index >= 15 is 0 Å². The molecule has 0 fully saturated rings. The van der Waals surface area contributed by atoms with Gasteiger partial charge in [0.1, 0.15) is 0 Å². The van der Waals surface area contributed by atoms with Crippen LogP contribution in [0.4, 0.5) is 5.69 Å². The average molecular weight is 157 g/mol. The lowest BCUT2D eigenvalue weighted by Gasteiger charge is -1.97. The van der Waals surface area contributed by atoms with Gasteiger partial charge in [0.05, 0.1) is 0 Å². The zero-order chi connectivity index (χ0) is 8.97. The Morgan fingerprint density at radius 3 is 2.83 bits per heavy atom. The molecule has 0 heterocycles. The third-order valence-corrected chi connectivity index (χ3v) is 1.52. The number of rotatable bonds is 1. The predicted octanol–water partition coefficient (Wildman–Crippen LogP) is 2.92. The highest BCUT2D eigenvalue weighted by molar-refractivity contribution is 5.50. The fourth-order valence-corrected chi connectivity index (χ4v) is 0.906. The number of aryl methyl sites for hydroxylation is 1. The first-order chi connectivity index (χ1) is 5.77. The summed E-state index contributed by atoms with van der Waals surface area (Å²) < 4.78 is 0. The molecule has 3 nitrogen and oxygen atoms in total. The summed E-state index contributed by atoms with van der Waals surface area (Å²) in [6.07, 6.45) is 5.19. The van der Waals surface area contributed by atoms with E-state index in [1.54, 1.807) is 12.1 Å². The van der Waals surface area contributed by atoms with Gasteiger partial charge in [-0.25, -0.2) is 0 Å². The van der Waals surface area contributed by atoms with Crippen molar-refractivity contribution in [2.75, 3.05) is 0 Å². The van der Waals surface area contributed by atoms with Gasteiger partial charge in [0.2, 0.25) is 0 Å². The molecular formula is C9H7N3. The Hall–Kier alpha value is -1.91. The van der Waals surface area contributed by atoms with Crippen LogP contribution in [-0.4, -0.2) is 0 Å². The van der Waals surface area contributed by atoms with Crippen molar-refractivity contribution in [3.8, 4) is 12.3 Å². The first kappa shape index (κ1) is 8.19. The quantitative estimate of drug-likeness (QED) is 0.260. The van der Waals surface area contributed by atoms with Gasteiger partial charge in [0.15, 0.2) is 0 Å². The monoisotopic (exact) mass is 157 g/mol. The molecule has 1 aromatic carbocycles. The van der Waals surface area contributed by atoms with E-state index in [-0.39, 0.29) is 0 Å². The van der Waals surface area contributed by atoms with Gasteiger partial charge in [-0.2, -0.15) is 0 Å². The number of terminal acetylenes is 1. The van der Waals surface area contributed by atoms with Crippen LogP contribution in [0.2, 0.25) is 0 Å². The second-order valence-electron chi connectivity index (χ2n) is 2.34. The molecular weight excluding hydrogens is 150 g/mol. The van der Waals surface area contributed by atoms with Crippen LogP contribution in [0.1, 0.15) is 11.1 Å². The molecule has 0 saturated heterocycles. The van der Waals surface area contributed by atoms with E-state index in [1.165, 1.54) is 0 Å². The largest absolute Gasteiger partial charge is 0.115 e. The highest BCUT2D eigenvalue weighted by atomic mass is 15.1. The number of nitrogens with zero attached hydrogens (tertiary/aromatic N) is 3. The zero-order valence-corrected chi connectivity index (χ0v) is 6.65. The fourth-order valence-electron chi connectivity index (χ4n) is 0.906. The SMILES string of the molecule is C#Cc1ccc(N=[N+]=[N-])c(C)c1. The Morgan fingerprint density at radius 1 is 1.58 bits per heavy atom. The molecule has 0 aromatic heterocycles. The highest BCUT2D eigenvalue weighted by Crippen LogP contribution is 2.19. The summed E-state index contributed by atoms with van der Waals surface area (Å²) in [6, 6.07) is 5.27. The second-order valence-corrected chi connectivity index (χ2v) is 2.34. The van der Waals surface area contributed by atoms with E-state index in [1.807, 2.05) is 13.0 Å². The Kier molecular flexibility index (Phi) is 2.37. The first-order valence-electron chi connectivity index (χ1n) is 3.40. The molecule has 0 spiro atoms. The maximum absolute atomic E-state index is 8.19. The zero-order valence-electron chi connectivity index (χ0n) is 6.65. The summed E-state index contributed by atoms with van der Waals surface area (Å²) in [7, 11) is 0. The summed E-state index contributed by atoms with van der Waals surface area (Å²) in [6.45, 7) is 1.85. The maximum atomic E-state index is 8.19. The summed E-state index contributed by atoms with van der Waals surface area (Å²) >= 11 is 0. The molecule has 0 radical (unpaired) electrons. The number of benzene rings is 1. The van der Waals surface area contributed by atoms with Gasteiger partial charge in [-0.05, 0) is 30.2 Å². The van der Waals surface area contributed by atoms with Gasteiger partial charge in [-0.1, -0.05) is 17.1 Å². The van der Waals surface area contributed by atoms with Gasteiger partial charge >= 0.3 is 0 Å². The Labute approximate surface area is 70.7 Å².